The van der Waals surface area contributed by atoms with Crippen LogP contribution < -0.4 is 15.5 Å². The summed E-state index contributed by atoms with van der Waals surface area (Å²) < 4.78 is 27.0. The first-order chi connectivity index (χ1) is 12.0. The van der Waals surface area contributed by atoms with Gasteiger partial charge < -0.3 is 15.5 Å². The molecule has 6 heteroatoms. The molecule has 0 bridgehead atoms. The third kappa shape index (κ3) is 5.17. The van der Waals surface area contributed by atoms with Crippen molar-refractivity contribution in [3.8, 4) is 0 Å². The number of hydrogen-bond acceptors (Lipinski definition) is 3. The van der Waals surface area contributed by atoms with E-state index in [2.05, 4.69) is 29.4 Å². The van der Waals surface area contributed by atoms with E-state index in [9.17, 15) is 13.6 Å². The molecular formula is C19H23F2N3O. The van der Waals surface area contributed by atoms with E-state index in [1.54, 1.807) is 0 Å². The van der Waals surface area contributed by atoms with Crippen molar-refractivity contribution < 1.29 is 13.6 Å². The molecule has 0 radical (unpaired) electrons. The second-order valence-electron chi connectivity index (χ2n) is 5.54. The molecule has 0 heterocycles. The van der Waals surface area contributed by atoms with E-state index >= 15 is 0 Å². The Morgan fingerprint density at radius 2 is 1.60 bits per heavy atom. The zero-order chi connectivity index (χ0) is 18.2. The molecule has 0 aliphatic heterocycles. The molecule has 0 fully saturated rings. The van der Waals surface area contributed by atoms with Crippen molar-refractivity contribution in [2.45, 2.75) is 20.3 Å². The topological polar surface area (TPSA) is 44.4 Å². The highest BCUT2D eigenvalue weighted by Gasteiger charge is 2.11. The SMILES string of the molecule is CCN(CC)c1ccc(NCCC(=O)Nc2c(F)cccc2F)cc1. The Morgan fingerprint density at radius 3 is 2.16 bits per heavy atom. The summed E-state index contributed by atoms with van der Waals surface area (Å²) in [6, 6.07) is 11.4. The van der Waals surface area contributed by atoms with Gasteiger partial charge in [0.2, 0.25) is 5.91 Å². The first kappa shape index (κ1) is 18.7. The minimum absolute atomic E-state index is 0.103. The Balaban J connectivity index is 1.83. The quantitative estimate of drug-likeness (QED) is 0.750. The van der Waals surface area contributed by atoms with Crippen molar-refractivity contribution in [2.75, 3.05) is 35.2 Å². The molecule has 2 aromatic carbocycles. The van der Waals surface area contributed by atoms with Crippen LogP contribution in [0.4, 0.5) is 25.8 Å². The van der Waals surface area contributed by atoms with Gasteiger partial charge >= 0.3 is 0 Å². The fourth-order valence-electron chi connectivity index (χ4n) is 2.52. The molecule has 134 valence electrons. The monoisotopic (exact) mass is 347 g/mol. The number of benzene rings is 2. The number of amides is 1. The molecule has 2 N–H and O–H groups in total. The van der Waals surface area contributed by atoms with Crippen LogP contribution in [0.25, 0.3) is 0 Å². The van der Waals surface area contributed by atoms with Crippen molar-refractivity contribution >= 4 is 23.0 Å². The largest absolute Gasteiger partial charge is 0.385 e. The summed E-state index contributed by atoms with van der Waals surface area (Å²) in [7, 11) is 0. The molecule has 2 aromatic rings. The highest BCUT2D eigenvalue weighted by molar-refractivity contribution is 5.91. The van der Waals surface area contributed by atoms with Gasteiger partial charge in [-0.2, -0.15) is 0 Å². The summed E-state index contributed by atoms with van der Waals surface area (Å²) in [4.78, 5) is 14.1. The molecule has 2 rings (SSSR count). The maximum atomic E-state index is 13.5. The maximum absolute atomic E-state index is 13.5. The second kappa shape index (κ2) is 9.01. The van der Waals surface area contributed by atoms with Gasteiger partial charge in [-0.3, -0.25) is 4.79 Å². The molecule has 1 amide bonds. The maximum Gasteiger partial charge on any atom is 0.226 e. The number of halogens is 2. The third-order valence-electron chi connectivity index (χ3n) is 3.90. The Morgan fingerprint density at radius 1 is 1.00 bits per heavy atom. The molecule has 0 unspecified atom stereocenters. The number of rotatable bonds is 8. The number of anilines is 3. The lowest BCUT2D eigenvalue weighted by Gasteiger charge is -2.21. The van der Waals surface area contributed by atoms with E-state index in [1.807, 2.05) is 24.3 Å². The van der Waals surface area contributed by atoms with Crippen LogP contribution in [0.15, 0.2) is 42.5 Å². The summed E-state index contributed by atoms with van der Waals surface area (Å²) in [6.07, 6.45) is 0.103. The Kier molecular flexibility index (Phi) is 6.74. The summed E-state index contributed by atoms with van der Waals surface area (Å²) in [6.45, 7) is 6.46. The molecule has 0 spiro atoms. The van der Waals surface area contributed by atoms with Gasteiger partial charge in [0.25, 0.3) is 0 Å². The van der Waals surface area contributed by atoms with Crippen molar-refractivity contribution in [3.05, 3.63) is 54.1 Å². The van der Waals surface area contributed by atoms with Gasteiger partial charge in [-0.05, 0) is 50.2 Å². The third-order valence-corrected chi connectivity index (χ3v) is 3.90. The van der Waals surface area contributed by atoms with Crippen LogP contribution in [-0.2, 0) is 4.79 Å². The van der Waals surface area contributed by atoms with Gasteiger partial charge in [0.15, 0.2) is 0 Å². The first-order valence-electron chi connectivity index (χ1n) is 8.37. The summed E-state index contributed by atoms with van der Waals surface area (Å²) in [5, 5.41) is 5.39. The summed E-state index contributed by atoms with van der Waals surface area (Å²) in [5.41, 5.74) is 1.63. The molecule has 0 aliphatic carbocycles. The molecule has 4 nitrogen and oxygen atoms in total. The van der Waals surface area contributed by atoms with E-state index in [0.717, 1.165) is 36.6 Å². The lowest BCUT2D eigenvalue weighted by atomic mass is 10.2. The highest BCUT2D eigenvalue weighted by Crippen LogP contribution is 2.19. The predicted molar refractivity (Wildman–Crippen MR) is 98.1 cm³/mol. The van der Waals surface area contributed by atoms with Crippen LogP contribution in [0, 0.1) is 11.6 Å². The standard InChI is InChI=1S/C19H23F2N3O/c1-3-24(4-2)15-10-8-14(9-11-15)22-13-12-18(25)23-19-16(20)6-5-7-17(19)21/h5-11,22H,3-4,12-13H2,1-2H3,(H,23,25). The normalized spacial score (nSPS) is 10.4. The number of hydrogen-bond donors (Lipinski definition) is 2. The van der Waals surface area contributed by atoms with E-state index in [0.29, 0.717) is 6.54 Å². The van der Waals surface area contributed by atoms with Gasteiger partial charge in [0.05, 0.1) is 0 Å². The fraction of sp³-hybridized carbons (Fsp3) is 0.316. The van der Waals surface area contributed by atoms with Gasteiger partial charge in [-0.25, -0.2) is 8.78 Å². The molecular weight excluding hydrogens is 324 g/mol. The van der Waals surface area contributed by atoms with Crippen molar-refractivity contribution in [1.82, 2.24) is 0 Å². The van der Waals surface area contributed by atoms with Gasteiger partial charge in [0.1, 0.15) is 17.3 Å². The van der Waals surface area contributed by atoms with Gasteiger partial charge in [-0.15, -0.1) is 0 Å². The van der Waals surface area contributed by atoms with E-state index in [1.165, 1.54) is 6.07 Å². The highest BCUT2D eigenvalue weighted by atomic mass is 19.1. The van der Waals surface area contributed by atoms with Crippen molar-refractivity contribution in [1.29, 1.82) is 0 Å². The lowest BCUT2D eigenvalue weighted by Crippen LogP contribution is -2.21. The van der Waals surface area contributed by atoms with Gasteiger partial charge in [-0.1, -0.05) is 6.07 Å². The zero-order valence-corrected chi connectivity index (χ0v) is 14.5. The Hall–Kier alpha value is -2.63. The minimum atomic E-state index is -0.784. The van der Waals surface area contributed by atoms with Crippen LogP contribution in [-0.4, -0.2) is 25.5 Å². The molecule has 0 saturated carbocycles. The van der Waals surface area contributed by atoms with Crippen LogP contribution in [0.3, 0.4) is 0 Å². The van der Waals surface area contributed by atoms with Crippen LogP contribution in [0.5, 0.6) is 0 Å². The summed E-state index contributed by atoms with van der Waals surface area (Å²) in [5.74, 6) is -2.02. The van der Waals surface area contributed by atoms with Crippen molar-refractivity contribution in [2.24, 2.45) is 0 Å². The average Bonchev–Trinajstić information content (AvgIpc) is 2.61. The van der Waals surface area contributed by atoms with Gasteiger partial charge in [0, 0.05) is 37.4 Å². The number of nitrogens with zero attached hydrogens (tertiary/aromatic N) is 1. The van der Waals surface area contributed by atoms with Crippen LogP contribution in [0.2, 0.25) is 0 Å². The molecule has 0 aliphatic rings. The average molecular weight is 347 g/mol. The zero-order valence-electron chi connectivity index (χ0n) is 14.5. The number of para-hydroxylation sites is 1. The van der Waals surface area contributed by atoms with E-state index < -0.39 is 23.2 Å². The molecule has 0 saturated heterocycles. The number of carbonyl (C=O) groups excluding carboxylic acids is 1. The molecule has 25 heavy (non-hydrogen) atoms. The smallest absolute Gasteiger partial charge is 0.226 e. The first-order valence-corrected chi connectivity index (χ1v) is 8.37. The van der Waals surface area contributed by atoms with Crippen LogP contribution >= 0.6 is 0 Å². The predicted octanol–water partition coefficient (Wildman–Crippen LogP) is 4.25. The fourth-order valence-corrected chi connectivity index (χ4v) is 2.52. The Bertz CT molecular complexity index is 680. The Labute approximate surface area is 146 Å². The second-order valence-corrected chi connectivity index (χ2v) is 5.54. The summed E-state index contributed by atoms with van der Waals surface area (Å²) >= 11 is 0. The lowest BCUT2D eigenvalue weighted by molar-refractivity contribution is -0.116. The van der Waals surface area contributed by atoms with Crippen LogP contribution in [0.1, 0.15) is 20.3 Å². The number of carbonyl (C=O) groups is 1. The van der Waals surface area contributed by atoms with E-state index in [-0.39, 0.29) is 6.42 Å². The molecule has 0 atom stereocenters. The van der Waals surface area contributed by atoms with Crippen molar-refractivity contribution in [3.63, 3.8) is 0 Å². The minimum Gasteiger partial charge on any atom is -0.385 e. The molecule has 0 aromatic heterocycles. The number of nitrogens with one attached hydrogen (secondary N) is 2. The van der Waals surface area contributed by atoms with E-state index in [4.69, 9.17) is 0 Å².